The number of hydrogen-bond donors (Lipinski definition) is 1. The van der Waals surface area contributed by atoms with Crippen LogP contribution in [0.2, 0.25) is 0 Å². The molecule has 0 aliphatic rings. The molecule has 120 valence electrons. The van der Waals surface area contributed by atoms with Crippen molar-refractivity contribution in [1.82, 2.24) is 19.6 Å². The molecule has 1 N–H and O–H groups in total. The Kier molecular flexibility index (Phi) is 2.86. The van der Waals surface area contributed by atoms with Crippen LogP contribution >= 0.6 is 11.3 Å². The molecule has 0 aliphatic carbocycles. The Labute approximate surface area is 144 Å². The summed E-state index contributed by atoms with van der Waals surface area (Å²) in [7, 11) is 0. The number of pyridine rings is 1. The van der Waals surface area contributed by atoms with Gasteiger partial charge in [-0.25, -0.2) is 4.98 Å². The van der Waals surface area contributed by atoms with Crippen molar-refractivity contribution in [2.75, 3.05) is 0 Å². The maximum Gasteiger partial charge on any atom is 0.283 e. The highest BCUT2D eigenvalue weighted by Crippen LogP contribution is 2.24. The van der Waals surface area contributed by atoms with E-state index < -0.39 is 0 Å². The summed E-state index contributed by atoms with van der Waals surface area (Å²) in [5, 5.41) is 15.2. The van der Waals surface area contributed by atoms with Gasteiger partial charge in [0.15, 0.2) is 5.82 Å². The van der Waals surface area contributed by atoms with E-state index in [-0.39, 0.29) is 11.3 Å². The number of rotatable bonds is 1. The molecule has 5 aromatic rings. The van der Waals surface area contributed by atoms with E-state index in [1.165, 1.54) is 15.9 Å². The fraction of sp³-hybridized carbons (Fsp3) is 0. The van der Waals surface area contributed by atoms with Crippen LogP contribution < -0.4 is 5.56 Å². The molecular formula is C18H10N4O2S. The molecule has 25 heavy (non-hydrogen) atoms. The summed E-state index contributed by atoms with van der Waals surface area (Å²) < 4.78 is 1.31. The Balaban J connectivity index is 1.82. The Morgan fingerprint density at radius 3 is 2.64 bits per heavy atom. The van der Waals surface area contributed by atoms with Crippen LogP contribution in [0.3, 0.4) is 0 Å². The molecule has 0 unspecified atom stereocenters. The highest BCUT2D eigenvalue weighted by atomic mass is 32.1. The van der Waals surface area contributed by atoms with Gasteiger partial charge in [0, 0.05) is 10.9 Å². The molecule has 0 spiro atoms. The number of benzene rings is 2. The standard InChI is InChI=1S/C18H10N4O2S/c23-12-7-5-10(6-8-12)15-20-18-22(21-15)17(24)13-9-11-3-1-2-4-14(11)19-16(13)25-18/h1-9,23H. The number of nitrogens with zero attached hydrogens (tertiary/aromatic N) is 4. The van der Waals surface area contributed by atoms with Crippen LogP contribution in [0.15, 0.2) is 59.4 Å². The van der Waals surface area contributed by atoms with Crippen LogP contribution in [-0.4, -0.2) is 24.7 Å². The maximum atomic E-state index is 12.8. The first-order chi connectivity index (χ1) is 12.2. The summed E-state index contributed by atoms with van der Waals surface area (Å²) in [6.07, 6.45) is 0. The third-order valence-corrected chi connectivity index (χ3v) is 4.95. The smallest absolute Gasteiger partial charge is 0.283 e. The van der Waals surface area contributed by atoms with E-state index in [0.29, 0.717) is 21.0 Å². The van der Waals surface area contributed by atoms with Crippen molar-refractivity contribution >= 4 is 37.4 Å². The van der Waals surface area contributed by atoms with Gasteiger partial charge < -0.3 is 5.11 Å². The lowest BCUT2D eigenvalue weighted by Crippen LogP contribution is -2.13. The molecule has 0 atom stereocenters. The van der Waals surface area contributed by atoms with Crippen molar-refractivity contribution in [1.29, 1.82) is 0 Å². The molecule has 0 saturated carbocycles. The van der Waals surface area contributed by atoms with E-state index in [1.807, 2.05) is 30.3 Å². The van der Waals surface area contributed by atoms with E-state index in [1.54, 1.807) is 24.3 Å². The summed E-state index contributed by atoms with van der Waals surface area (Å²) in [4.78, 5) is 23.0. The van der Waals surface area contributed by atoms with E-state index in [9.17, 15) is 9.90 Å². The maximum absolute atomic E-state index is 12.8. The Morgan fingerprint density at radius 2 is 1.80 bits per heavy atom. The van der Waals surface area contributed by atoms with Crippen molar-refractivity contribution in [2.24, 2.45) is 0 Å². The number of aromatic nitrogens is 4. The number of phenolic OH excluding ortho intramolecular Hbond substituents is 1. The lowest BCUT2D eigenvalue weighted by molar-refractivity contribution is 0.475. The second-order valence-corrected chi connectivity index (χ2v) is 6.57. The molecule has 0 bridgehead atoms. The SMILES string of the molecule is O=c1c2cc3ccccc3nc2sc2nc(-c3ccc(O)cc3)nn12. The topological polar surface area (TPSA) is 80.4 Å². The molecule has 0 fully saturated rings. The van der Waals surface area contributed by atoms with Crippen LogP contribution in [0, 0.1) is 0 Å². The molecule has 3 aromatic heterocycles. The third-order valence-electron chi connectivity index (χ3n) is 4.00. The minimum absolute atomic E-state index is 0.168. The van der Waals surface area contributed by atoms with Gasteiger partial charge in [0.25, 0.3) is 5.56 Å². The van der Waals surface area contributed by atoms with Gasteiger partial charge in [0.05, 0.1) is 10.9 Å². The first-order valence-electron chi connectivity index (χ1n) is 7.58. The van der Waals surface area contributed by atoms with Gasteiger partial charge in [-0.1, -0.05) is 29.5 Å². The van der Waals surface area contributed by atoms with Crippen LogP contribution in [-0.2, 0) is 0 Å². The highest BCUT2D eigenvalue weighted by molar-refractivity contribution is 7.22. The molecule has 7 heteroatoms. The summed E-state index contributed by atoms with van der Waals surface area (Å²) in [5.41, 5.74) is 1.34. The van der Waals surface area contributed by atoms with E-state index >= 15 is 0 Å². The largest absolute Gasteiger partial charge is 0.508 e. The minimum atomic E-state index is -0.237. The molecule has 2 aromatic carbocycles. The van der Waals surface area contributed by atoms with Gasteiger partial charge in [0.1, 0.15) is 10.6 Å². The zero-order chi connectivity index (χ0) is 17.0. The molecule has 0 aliphatic heterocycles. The van der Waals surface area contributed by atoms with Crippen LogP contribution in [0.4, 0.5) is 0 Å². The van der Waals surface area contributed by atoms with Crippen LogP contribution in [0.5, 0.6) is 5.75 Å². The van der Waals surface area contributed by atoms with Gasteiger partial charge in [-0.15, -0.1) is 5.10 Å². The van der Waals surface area contributed by atoms with Crippen LogP contribution in [0.1, 0.15) is 0 Å². The average Bonchev–Trinajstić information content (AvgIpc) is 3.05. The fourth-order valence-corrected chi connectivity index (χ4v) is 3.67. The van der Waals surface area contributed by atoms with Crippen molar-refractivity contribution in [3.8, 4) is 17.1 Å². The Morgan fingerprint density at radius 1 is 1.00 bits per heavy atom. The zero-order valence-electron chi connectivity index (χ0n) is 12.7. The predicted octanol–water partition coefficient (Wildman–Crippen LogP) is 3.23. The highest BCUT2D eigenvalue weighted by Gasteiger charge is 2.13. The molecule has 6 nitrogen and oxygen atoms in total. The van der Waals surface area contributed by atoms with Gasteiger partial charge in [-0.05, 0) is 36.4 Å². The van der Waals surface area contributed by atoms with E-state index in [4.69, 9.17) is 0 Å². The number of fused-ring (bicyclic) bond motifs is 3. The monoisotopic (exact) mass is 346 g/mol. The lowest BCUT2D eigenvalue weighted by atomic mass is 10.2. The predicted molar refractivity (Wildman–Crippen MR) is 97.0 cm³/mol. The quantitative estimate of drug-likeness (QED) is 0.471. The second-order valence-electron chi connectivity index (χ2n) is 5.62. The first kappa shape index (κ1) is 14.1. The normalized spacial score (nSPS) is 11.5. The summed E-state index contributed by atoms with van der Waals surface area (Å²) in [5.74, 6) is 0.606. The molecule has 5 rings (SSSR count). The molecule has 0 amide bonds. The molecule has 0 saturated heterocycles. The number of phenols is 1. The van der Waals surface area contributed by atoms with Crippen molar-refractivity contribution in [3.63, 3.8) is 0 Å². The van der Waals surface area contributed by atoms with Gasteiger partial charge in [0.2, 0.25) is 4.96 Å². The molecule has 0 radical (unpaired) electrons. The summed E-state index contributed by atoms with van der Waals surface area (Å²) in [6, 6.07) is 16.1. The van der Waals surface area contributed by atoms with Gasteiger partial charge in [-0.2, -0.15) is 9.50 Å². The van der Waals surface area contributed by atoms with E-state index in [0.717, 1.165) is 16.5 Å². The molecule has 3 heterocycles. The van der Waals surface area contributed by atoms with Crippen molar-refractivity contribution in [2.45, 2.75) is 0 Å². The average molecular weight is 346 g/mol. The third kappa shape index (κ3) is 2.17. The summed E-state index contributed by atoms with van der Waals surface area (Å²) >= 11 is 1.33. The summed E-state index contributed by atoms with van der Waals surface area (Å²) in [6.45, 7) is 0. The number of para-hydroxylation sites is 1. The lowest BCUT2D eigenvalue weighted by Gasteiger charge is -2.00. The second kappa shape index (κ2) is 5.09. The van der Waals surface area contributed by atoms with Crippen LogP contribution in [0.25, 0.3) is 37.5 Å². The number of hydrogen-bond acceptors (Lipinski definition) is 6. The Bertz CT molecular complexity index is 1320. The van der Waals surface area contributed by atoms with Gasteiger partial charge in [-0.3, -0.25) is 4.79 Å². The van der Waals surface area contributed by atoms with Crippen molar-refractivity contribution < 1.29 is 5.11 Å². The fourth-order valence-electron chi connectivity index (χ4n) is 2.76. The first-order valence-corrected chi connectivity index (χ1v) is 8.39. The van der Waals surface area contributed by atoms with Gasteiger partial charge >= 0.3 is 0 Å². The number of aromatic hydroxyl groups is 1. The minimum Gasteiger partial charge on any atom is -0.508 e. The van der Waals surface area contributed by atoms with E-state index in [2.05, 4.69) is 15.1 Å². The zero-order valence-corrected chi connectivity index (χ0v) is 13.6. The molecular weight excluding hydrogens is 336 g/mol. The van der Waals surface area contributed by atoms with Crippen molar-refractivity contribution in [3.05, 3.63) is 65.0 Å². The Hall–Kier alpha value is -3.32.